The van der Waals surface area contributed by atoms with Gasteiger partial charge >= 0.3 is 0 Å². The van der Waals surface area contributed by atoms with Gasteiger partial charge in [-0.1, -0.05) is 6.07 Å². The first-order valence-electron chi connectivity index (χ1n) is 7.96. The van der Waals surface area contributed by atoms with Gasteiger partial charge in [-0.25, -0.2) is 4.39 Å². The molecule has 0 radical (unpaired) electrons. The van der Waals surface area contributed by atoms with Crippen molar-refractivity contribution in [2.45, 2.75) is 6.54 Å². The van der Waals surface area contributed by atoms with Crippen molar-refractivity contribution in [3.05, 3.63) is 59.4 Å². The highest BCUT2D eigenvalue weighted by atomic mass is 19.1. The third kappa shape index (κ3) is 4.75. The van der Waals surface area contributed by atoms with Crippen molar-refractivity contribution in [1.82, 2.24) is 4.90 Å². The maximum atomic E-state index is 13.8. The molecular weight excluding hydrogens is 337 g/mol. The van der Waals surface area contributed by atoms with Crippen LogP contribution in [-0.4, -0.2) is 39.2 Å². The zero-order chi connectivity index (χ0) is 19.1. The third-order valence-electron chi connectivity index (χ3n) is 3.85. The molecule has 0 aliphatic heterocycles. The van der Waals surface area contributed by atoms with E-state index in [0.717, 1.165) is 5.56 Å². The van der Waals surface area contributed by atoms with Crippen molar-refractivity contribution < 1.29 is 23.4 Å². The van der Waals surface area contributed by atoms with Crippen molar-refractivity contribution in [2.24, 2.45) is 0 Å². The van der Waals surface area contributed by atoms with Crippen LogP contribution in [0.25, 0.3) is 6.08 Å². The number of hydrogen-bond acceptors (Lipinski definition) is 4. The van der Waals surface area contributed by atoms with Crippen molar-refractivity contribution in [3.63, 3.8) is 0 Å². The molecule has 2 rings (SSSR count). The van der Waals surface area contributed by atoms with Gasteiger partial charge < -0.3 is 19.1 Å². The van der Waals surface area contributed by atoms with Crippen molar-refractivity contribution in [2.75, 3.05) is 28.4 Å². The Hall–Kier alpha value is -3.02. The molecule has 0 aromatic heterocycles. The number of likely N-dealkylation sites (N-methyl/N-ethyl adjacent to an activating group) is 1. The molecule has 0 spiro atoms. The van der Waals surface area contributed by atoms with E-state index in [1.807, 2.05) is 0 Å². The number of amides is 1. The van der Waals surface area contributed by atoms with E-state index >= 15 is 0 Å². The molecule has 138 valence electrons. The summed E-state index contributed by atoms with van der Waals surface area (Å²) < 4.78 is 29.1. The van der Waals surface area contributed by atoms with Crippen LogP contribution in [0.1, 0.15) is 11.1 Å². The predicted molar refractivity (Wildman–Crippen MR) is 98.0 cm³/mol. The molecule has 0 bridgehead atoms. The molecule has 0 saturated carbocycles. The van der Waals surface area contributed by atoms with Gasteiger partial charge in [-0.2, -0.15) is 0 Å². The summed E-state index contributed by atoms with van der Waals surface area (Å²) in [5, 5.41) is 0. The summed E-state index contributed by atoms with van der Waals surface area (Å²) in [6.07, 6.45) is 3.10. The summed E-state index contributed by atoms with van der Waals surface area (Å²) in [7, 11) is 6.19. The molecule has 0 atom stereocenters. The van der Waals surface area contributed by atoms with Crippen LogP contribution in [0.15, 0.2) is 42.5 Å². The molecule has 2 aromatic rings. The Labute approximate surface area is 152 Å². The Morgan fingerprint density at radius 3 is 2.35 bits per heavy atom. The fraction of sp³-hybridized carbons (Fsp3) is 0.250. The van der Waals surface area contributed by atoms with Gasteiger partial charge in [0.25, 0.3) is 0 Å². The van der Waals surface area contributed by atoms with Gasteiger partial charge in [0.2, 0.25) is 5.91 Å². The van der Waals surface area contributed by atoms with Gasteiger partial charge in [0.05, 0.1) is 21.3 Å². The van der Waals surface area contributed by atoms with E-state index in [2.05, 4.69) is 0 Å². The second-order valence-electron chi connectivity index (χ2n) is 5.60. The summed E-state index contributed by atoms with van der Waals surface area (Å²) in [6.45, 7) is 0.277. The van der Waals surface area contributed by atoms with E-state index in [1.165, 1.54) is 24.2 Å². The number of benzene rings is 2. The standard InChI is InChI=1S/C20H22FNO4/c1-22(13-14-5-8-19(26-4)17(21)11-14)20(23)10-6-15-12-16(24-2)7-9-18(15)25-3/h5-12H,13H2,1-4H3. The average Bonchev–Trinajstić information content (AvgIpc) is 2.65. The third-order valence-corrected chi connectivity index (χ3v) is 3.85. The first-order valence-corrected chi connectivity index (χ1v) is 7.96. The first kappa shape index (κ1) is 19.3. The van der Waals surface area contributed by atoms with Crippen LogP contribution < -0.4 is 14.2 Å². The maximum Gasteiger partial charge on any atom is 0.246 e. The van der Waals surface area contributed by atoms with Gasteiger partial charge in [0, 0.05) is 25.2 Å². The van der Waals surface area contributed by atoms with Gasteiger partial charge in [0.15, 0.2) is 11.6 Å². The molecule has 0 aliphatic carbocycles. The number of nitrogens with zero attached hydrogens (tertiary/aromatic N) is 1. The molecule has 6 heteroatoms. The van der Waals surface area contributed by atoms with E-state index in [9.17, 15) is 9.18 Å². The number of methoxy groups -OCH3 is 3. The quantitative estimate of drug-likeness (QED) is 0.710. The molecule has 0 heterocycles. The van der Waals surface area contributed by atoms with Gasteiger partial charge in [-0.3, -0.25) is 4.79 Å². The van der Waals surface area contributed by atoms with Crippen LogP contribution in [-0.2, 0) is 11.3 Å². The molecule has 1 amide bonds. The zero-order valence-electron chi connectivity index (χ0n) is 15.3. The van der Waals surface area contributed by atoms with Crippen LogP contribution in [0.4, 0.5) is 4.39 Å². The van der Waals surface area contributed by atoms with Gasteiger partial charge in [-0.15, -0.1) is 0 Å². The van der Waals surface area contributed by atoms with Gasteiger partial charge in [-0.05, 0) is 42.0 Å². The zero-order valence-corrected chi connectivity index (χ0v) is 15.3. The smallest absolute Gasteiger partial charge is 0.246 e. The van der Waals surface area contributed by atoms with Crippen LogP contribution in [0.5, 0.6) is 17.2 Å². The van der Waals surface area contributed by atoms with E-state index < -0.39 is 5.82 Å². The first-order chi connectivity index (χ1) is 12.5. The molecule has 26 heavy (non-hydrogen) atoms. The Kier molecular flexibility index (Phi) is 6.60. The minimum Gasteiger partial charge on any atom is -0.497 e. The summed E-state index contributed by atoms with van der Waals surface area (Å²) in [5.74, 6) is 0.802. The number of ether oxygens (including phenoxy) is 3. The molecule has 0 saturated heterocycles. The summed E-state index contributed by atoms with van der Waals surface area (Å²) in [5.41, 5.74) is 1.40. The Bertz CT molecular complexity index is 804. The second-order valence-corrected chi connectivity index (χ2v) is 5.60. The summed E-state index contributed by atoms with van der Waals surface area (Å²) in [4.78, 5) is 13.8. The van der Waals surface area contributed by atoms with Crippen molar-refractivity contribution in [1.29, 1.82) is 0 Å². The monoisotopic (exact) mass is 359 g/mol. The molecule has 0 aliphatic rings. The second kappa shape index (κ2) is 8.89. The fourth-order valence-corrected chi connectivity index (χ4v) is 2.42. The highest BCUT2D eigenvalue weighted by Crippen LogP contribution is 2.25. The lowest BCUT2D eigenvalue weighted by atomic mass is 10.1. The number of halogens is 1. The highest BCUT2D eigenvalue weighted by Gasteiger charge is 2.10. The molecule has 0 N–H and O–H groups in total. The molecule has 0 fully saturated rings. The molecule has 0 unspecified atom stereocenters. The topological polar surface area (TPSA) is 48.0 Å². The lowest BCUT2D eigenvalue weighted by Gasteiger charge is -2.16. The lowest BCUT2D eigenvalue weighted by molar-refractivity contribution is -0.125. The minimum atomic E-state index is -0.456. The molecule has 5 nitrogen and oxygen atoms in total. The average molecular weight is 359 g/mol. The van der Waals surface area contributed by atoms with Crippen LogP contribution >= 0.6 is 0 Å². The number of rotatable bonds is 7. The fourth-order valence-electron chi connectivity index (χ4n) is 2.42. The Balaban J connectivity index is 2.09. The van der Waals surface area contributed by atoms with Crippen molar-refractivity contribution >= 4 is 12.0 Å². The number of hydrogen-bond donors (Lipinski definition) is 0. The van der Waals surface area contributed by atoms with Crippen LogP contribution in [0.3, 0.4) is 0 Å². The van der Waals surface area contributed by atoms with Crippen molar-refractivity contribution in [3.8, 4) is 17.2 Å². The highest BCUT2D eigenvalue weighted by molar-refractivity contribution is 5.92. The molecule has 2 aromatic carbocycles. The van der Waals surface area contributed by atoms with Crippen LogP contribution in [0.2, 0.25) is 0 Å². The normalized spacial score (nSPS) is 10.7. The lowest BCUT2D eigenvalue weighted by Crippen LogP contribution is -2.24. The Morgan fingerprint density at radius 2 is 1.73 bits per heavy atom. The maximum absolute atomic E-state index is 13.8. The summed E-state index contributed by atoms with van der Waals surface area (Å²) >= 11 is 0. The summed E-state index contributed by atoms with van der Waals surface area (Å²) in [6, 6.07) is 9.95. The number of carbonyl (C=O) groups excluding carboxylic acids is 1. The van der Waals surface area contributed by atoms with E-state index in [4.69, 9.17) is 14.2 Å². The predicted octanol–water partition coefficient (Wildman–Crippen LogP) is 3.52. The molecular formula is C20H22FNO4. The number of carbonyl (C=O) groups is 1. The SMILES string of the molecule is COc1ccc(OC)c(C=CC(=O)N(C)Cc2ccc(OC)c(F)c2)c1. The van der Waals surface area contributed by atoms with E-state index in [0.29, 0.717) is 17.1 Å². The van der Waals surface area contributed by atoms with E-state index in [1.54, 1.807) is 57.7 Å². The largest absolute Gasteiger partial charge is 0.497 e. The minimum absolute atomic E-state index is 0.174. The van der Waals surface area contributed by atoms with Crippen LogP contribution in [0, 0.1) is 5.82 Å². The van der Waals surface area contributed by atoms with E-state index in [-0.39, 0.29) is 18.2 Å². The van der Waals surface area contributed by atoms with Gasteiger partial charge in [0.1, 0.15) is 11.5 Å². The Morgan fingerprint density at radius 1 is 1.04 bits per heavy atom.